The molecule has 0 atom stereocenters. The highest BCUT2D eigenvalue weighted by Crippen LogP contribution is 1.96. The number of guanidine groups is 1. The summed E-state index contributed by atoms with van der Waals surface area (Å²) in [6.07, 6.45) is 4.18. The van der Waals surface area contributed by atoms with Crippen LogP contribution in [0, 0.1) is 0 Å². The molecular formula is C17H31N5. The molecule has 0 spiro atoms. The average molecular weight is 305 g/mol. The van der Waals surface area contributed by atoms with Gasteiger partial charge in [-0.1, -0.05) is 19.9 Å². The van der Waals surface area contributed by atoms with Gasteiger partial charge in [-0.25, -0.2) is 4.99 Å². The molecule has 0 aliphatic carbocycles. The van der Waals surface area contributed by atoms with Crippen molar-refractivity contribution >= 4 is 5.96 Å². The van der Waals surface area contributed by atoms with Gasteiger partial charge in [0.25, 0.3) is 0 Å². The van der Waals surface area contributed by atoms with Gasteiger partial charge in [0.05, 0.1) is 12.2 Å². The fourth-order valence-corrected chi connectivity index (χ4v) is 2.20. The summed E-state index contributed by atoms with van der Waals surface area (Å²) in [7, 11) is 0. The van der Waals surface area contributed by atoms with Gasteiger partial charge in [0.1, 0.15) is 0 Å². The lowest BCUT2D eigenvalue weighted by atomic mass is 10.3. The summed E-state index contributed by atoms with van der Waals surface area (Å²) in [4.78, 5) is 11.3. The standard InChI is InChI=1S/C17H31N5/c1-4-18-17(21-15-16-11-7-8-12-19-16)20-13-9-10-14-22(5-2)6-3/h7-8,11-12H,4-6,9-10,13-15H2,1-3H3,(H2,18,20,21). The van der Waals surface area contributed by atoms with E-state index < -0.39 is 0 Å². The van der Waals surface area contributed by atoms with Crippen molar-refractivity contribution in [2.75, 3.05) is 32.7 Å². The van der Waals surface area contributed by atoms with E-state index in [0.717, 1.165) is 44.3 Å². The first-order valence-corrected chi connectivity index (χ1v) is 8.44. The van der Waals surface area contributed by atoms with E-state index >= 15 is 0 Å². The summed E-state index contributed by atoms with van der Waals surface area (Å²) >= 11 is 0. The van der Waals surface area contributed by atoms with E-state index in [0.29, 0.717) is 6.54 Å². The number of hydrogen-bond acceptors (Lipinski definition) is 3. The van der Waals surface area contributed by atoms with Crippen LogP contribution in [0.4, 0.5) is 0 Å². The molecule has 124 valence electrons. The molecule has 0 saturated carbocycles. The fraction of sp³-hybridized carbons (Fsp3) is 0.647. The molecular weight excluding hydrogens is 274 g/mol. The Kier molecular flexibility index (Phi) is 10.0. The Balaban J connectivity index is 2.28. The second-order valence-electron chi connectivity index (χ2n) is 5.18. The van der Waals surface area contributed by atoms with E-state index in [2.05, 4.69) is 46.3 Å². The molecule has 0 amide bonds. The van der Waals surface area contributed by atoms with Crippen LogP contribution in [0.3, 0.4) is 0 Å². The summed E-state index contributed by atoms with van der Waals surface area (Å²) in [6.45, 7) is 12.4. The van der Waals surface area contributed by atoms with Crippen LogP contribution < -0.4 is 10.6 Å². The van der Waals surface area contributed by atoms with Crippen LogP contribution in [-0.4, -0.2) is 48.6 Å². The van der Waals surface area contributed by atoms with Gasteiger partial charge in [-0.2, -0.15) is 0 Å². The maximum atomic E-state index is 4.57. The molecule has 5 nitrogen and oxygen atoms in total. The molecule has 1 heterocycles. The van der Waals surface area contributed by atoms with E-state index in [9.17, 15) is 0 Å². The highest BCUT2D eigenvalue weighted by molar-refractivity contribution is 5.79. The van der Waals surface area contributed by atoms with E-state index in [1.54, 1.807) is 6.20 Å². The third kappa shape index (κ3) is 7.98. The molecule has 1 aromatic heterocycles. The molecule has 0 fully saturated rings. The second kappa shape index (κ2) is 12.0. The number of aliphatic imine (C=N–C) groups is 1. The molecule has 0 bridgehead atoms. The monoisotopic (exact) mass is 305 g/mol. The summed E-state index contributed by atoms with van der Waals surface area (Å²) in [5, 5.41) is 6.67. The van der Waals surface area contributed by atoms with Crippen LogP contribution in [0.15, 0.2) is 29.4 Å². The second-order valence-corrected chi connectivity index (χ2v) is 5.18. The van der Waals surface area contributed by atoms with Crippen LogP contribution >= 0.6 is 0 Å². The number of pyridine rings is 1. The van der Waals surface area contributed by atoms with Gasteiger partial charge >= 0.3 is 0 Å². The Morgan fingerprint density at radius 3 is 2.59 bits per heavy atom. The van der Waals surface area contributed by atoms with Crippen molar-refractivity contribution in [1.82, 2.24) is 20.5 Å². The summed E-state index contributed by atoms with van der Waals surface area (Å²) < 4.78 is 0. The Morgan fingerprint density at radius 2 is 1.95 bits per heavy atom. The molecule has 1 aromatic rings. The Labute approximate surface area is 135 Å². The zero-order valence-corrected chi connectivity index (χ0v) is 14.3. The van der Waals surface area contributed by atoms with Crippen molar-refractivity contribution in [1.29, 1.82) is 0 Å². The minimum Gasteiger partial charge on any atom is -0.357 e. The van der Waals surface area contributed by atoms with Gasteiger partial charge in [0.15, 0.2) is 5.96 Å². The first kappa shape index (κ1) is 18.4. The quantitative estimate of drug-likeness (QED) is 0.395. The number of nitrogens with zero attached hydrogens (tertiary/aromatic N) is 3. The largest absolute Gasteiger partial charge is 0.357 e. The molecule has 0 aliphatic heterocycles. The van der Waals surface area contributed by atoms with Crippen molar-refractivity contribution in [3.63, 3.8) is 0 Å². The first-order valence-electron chi connectivity index (χ1n) is 8.44. The number of nitrogens with one attached hydrogen (secondary N) is 2. The maximum absolute atomic E-state index is 4.57. The first-order chi connectivity index (χ1) is 10.8. The Bertz CT molecular complexity index is 401. The van der Waals surface area contributed by atoms with Gasteiger partial charge in [-0.15, -0.1) is 0 Å². The normalized spacial score (nSPS) is 11.7. The van der Waals surface area contributed by atoms with Gasteiger partial charge in [0, 0.05) is 19.3 Å². The Morgan fingerprint density at radius 1 is 1.14 bits per heavy atom. The zero-order valence-electron chi connectivity index (χ0n) is 14.3. The average Bonchev–Trinajstić information content (AvgIpc) is 2.56. The molecule has 0 saturated heterocycles. The molecule has 0 aliphatic rings. The minimum absolute atomic E-state index is 0.607. The van der Waals surface area contributed by atoms with E-state index in [4.69, 9.17) is 0 Å². The lowest BCUT2D eigenvalue weighted by Crippen LogP contribution is -2.38. The topological polar surface area (TPSA) is 52.6 Å². The zero-order chi connectivity index (χ0) is 16.0. The third-order valence-corrected chi connectivity index (χ3v) is 3.56. The summed E-state index contributed by atoms with van der Waals surface area (Å²) in [5.41, 5.74) is 0.987. The molecule has 22 heavy (non-hydrogen) atoms. The predicted octanol–water partition coefficient (Wildman–Crippen LogP) is 2.26. The lowest BCUT2D eigenvalue weighted by Gasteiger charge is -2.18. The van der Waals surface area contributed by atoms with Crippen molar-refractivity contribution in [2.45, 2.75) is 40.2 Å². The number of aromatic nitrogens is 1. The molecule has 0 aromatic carbocycles. The van der Waals surface area contributed by atoms with Crippen molar-refractivity contribution < 1.29 is 0 Å². The van der Waals surface area contributed by atoms with Crippen LogP contribution in [0.5, 0.6) is 0 Å². The SMILES string of the molecule is CCNC(=NCc1ccccn1)NCCCCN(CC)CC. The van der Waals surface area contributed by atoms with Crippen molar-refractivity contribution in [3.8, 4) is 0 Å². The summed E-state index contributed by atoms with van der Waals surface area (Å²) in [6, 6.07) is 5.91. The molecule has 0 unspecified atom stereocenters. The highest BCUT2D eigenvalue weighted by Gasteiger charge is 2.00. The highest BCUT2D eigenvalue weighted by atomic mass is 15.2. The maximum Gasteiger partial charge on any atom is 0.191 e. The van der Waals surface area contributed by atoms with Crippen LogP contribution in [0.25, 0.3) is 0 Å². The fourth-order valence-electron chi connectivity index (χ4n) is 2.20. The smallest absolute Gasteiger partial charge is 0.191 e. The number of unbranched alkanes of at least 4 members (excludes halogenated alkanes) is 1. The summed E-state index contributed by atoms with van der Waals surface area (Å²) in [5.74, 6) is 0.871. The van der Waals surface area contributed by atoms with Crippen LogP contribution in [0.1, 0.15) is 39.3 Å². The number of hydrogen-bond donors (Lipinski definition) is 2. The van der Waals surface area contributed by atoms with Crippen LogP contribution in [-0.2, 0) is 6.54 Å². The Hall–Kier alpha value is -1.62. The minimum atomic E-state index is 0.607. The molecule has 0 radical (unpaired) electrons. The van der Waals surface area contributed by atoms with Gasteiger partial charge in [-0.3, -0.25) is 4.98 Å². The number of rotatable bonds is 10. The van der Waals surface area contributed by atoms with Crippen molar-refractivity contribution in [3.05, 3.63) is 30.1 Å². The van der Waals surface area contributed by atoms with Gasteiger partial charge in [-0.05, 0) is 51.5 Å². The third-order valence-electron chi connectivity index (χ3n) is 3.56. The van der Waals surface area contributed by atoms with Crippen molar-refractivity contribution in [2.24, 2.45) is 4.99 Å². The molecule has 5 heteroatoms. The molecule has 2 N–H and O–H groups in total. The van der Waals surface area contributed by atoms with Gasteiger partial charge < -0.3 is 15.5 Å². The lowest BCUT2D eigenvalue weighted by molar-refractivity contribution is 0.297. The van der Waals surface area contributed by atoms with E-state index in [-0.39, 0.29) is 0 Å². The molecule has 1 rings (SSSR count). The van der Waals surface area contributed by atoms with Gasteiger partial charge in [0.2, 0.25) is 0 Å². The predicted molar refractivity (Wildman–Crippen MR) is 94.1 cm³/mol. The van der Waals surface area contributed by atoms with Crippen LogP contribution in [0.2, 0.25) is 0 Å². The van der Waals surface area contributed by atoms with E-state index in [1.165, 1.54) is 13.0 Å². The van der Waals surface area contributed by atoms with E-state index in [1.807, 2.05) is 18.2 Å².